The number of rotatable bonds is 2. The Balaban J connectivity index is 1.95. The van der Waals surface area contributed by atoms with Gasteiger partial charge >= 0.3 is 0 Å². The van der Waals surface area contributed by atoms with Gasteiger partial charge in [-0.05, 0) is 73.6 Å². The fourth-order valence-electron chi connectivity index (χ4n) is 2.83. The molecule has 0 amide bonds. The Kier molecular flexibility index (Phi) is 3.62. The summed E-state index contributed by atoms with van der Waals surface area (Å²) in [6, 6.07) is 11.6. The van der Waals surface area contributed by atoms with Gasteiger partial charge in [0, 0.05) is 16.1 Å². The van der Waals surface area contributed by atoms with E-state index in [0.717, 1.165) is 24.0 Å². The summed E-state index contributed by atoms with van der Waals surface area (Å²) in [5.74, 6) is 0.0816. The minimum Gasteiger partial charge on any atom is -0.289 e. The number of hydrogen-bond donors (Lipinski definition) is 0. The molecule has 0 radical (unpaired) electrons. The average molecular weight is 285 g/mol. The van der Waals surface area contributed by atoms with Crippen molar-refractivity contribution >= 4 is 17.4 Å². The molecule has 0 N–H and O–H groups in total. The molecule has 0 aromatic heterocycles. The standard InChI is InChI=1S/C18H17ClO/c1-12-10-15(8-9-17(12)19)18(20)16-7-6-13-4-2-3-5-14(13)11-16/h6-11H,2-5H2,1H3. The number of ketones is 1. The average Bonchev–Trinajstić information content (AvgIpc) is 2.49. The molecule has 0 heterocycles. The zero-order valence-corrected chi connectivity index (χ0v) is 12.3. The molecule has 0 atom stereocenters. The molecule has 0 fully saturated rings. The van der Waals surface area contributed by atoms with Crippen molar-refractivity contribution in [2.24, 2.45) is 0 Å². The Morgan fingerprint density at radius 1 is 0.950 bits per heavy atom. The Bertz CT molecular complexity index is 673. The Labute approximate surface area is 124 Å². The third-order valence-electron chi connectivity index (χ3n) is 4.03. The first-order valence-corrected chi connectivity index (χ1v) is 7.45. The highest BCUT2D eigenvalue weighted by Gasteiger charge is 2.14. The minimum absolute atomic E-state index is 0.0816. The van der Waals surface area contributed by atoms with Gasteiger partial charge in [-0.2, -0.15) is 0 Å². The molecule has 0 spiro atoms. The largest absolute Gasteiger partial charge is 0.289 e. The number of carbonyl (C=O) groups excluding carboxylic acids is 1. The number of fused-ring (bicyclic) bond motifs is 1. The fourth-order valence-corrected chi connectivity index (χ4v) is 2.94. The van der Waals surface area contributed by atoms with E-state index in [1.807, 2.05) is 19.1 Å². The summed E-state index contributed by atoms with van der Waals surface area (Å²) in [6.45, 7) is 1.92. The van der Waals surface area contributed by atoms with Crippen LogP contribution in [0.2, 0.25) is 5.02 Å². The van der Waals surface area contributed by atoms with Gasteiger partial charge in [-0.3, -0.25) is 4.79 Å². The first kappa shape index (κ1) is 13.4. The van der Waals surface area contributed by atoms with Gasteiger partial charge in [-0.15, -0.1) is 0 Å². The van der Waals surface area contributed by atoms with Crippen molar-refractivity contribution in [3.63, 3.8) is 0 Å². The highest BCUT2D eigenvalue weighted by Crippen LogP contribution is 2.24. The van der Waals surface area contributed by atoms with Gasteiger partial charge in [0.15, 0.2) is 5.78 Å². The van der Waals surface area contributed by atoms with E-state index in [9.17, 15) is 4.79 Å². The summed E-state index contributed by atoms with van der Waals surface area (Å²) in [5, 5.41) is 0.701. The van der Waals surface area contributed by atoms with Crippen LogP contribution in [0.15, 0.2) is 36.4 Å². The van der Waals surface area contributed by atoms with E-state index >= 15 is 0 Å². The van der Waals surface area contributed by atoms with Gasteiger partial charge in [-0.1, -0.05) is 23.7 Å². The Hall–Kier alpha value is -1.60. The van der Waals surface area contributed by atoms with E-state index in [1.54, 1.807) is 12.1 Å². The van der Waals surface area contributed by atoms with Gasteiger partial charge in [-0.25, -0.2) is 0 Å². The number of aryl methyl sites for hydroxylation is 3. The molecule has 3 rings (SSSR count). The van der Waals surface area contributed by atoms with Gasteiger partial charge in [0.2, 0.25) is 0 Å². The van der Waals surface area contributed by atoms with Crippen molar-refractivity contribution < 1.29 is 4.79 Å². The molecule has 0 saturated heterocycles. The molecule has 0 bridgehead atoms. The quantitative estimate of drug-likeness (QED) is 0.727. The maximum absolute atomic E-state index is 12.6. The molecule has 0 aliphatic heterocycles. The van der Waals surface area contributed by atoms with Crippen LogP contribution in [0.4, 0.5) is 0 Å². The lowest BCUT2D eigenvalue weighted by Gasteiger charge is -2.16. The van der Waals surface area contributed by atoms with Crippen LogP contribution >= 0.6 is 11.6 Å². The number of halogens is 1. The molecule has 2 heteroatoms. The maximum atomic E-state index is 12.6. The van der Waals surface area contributed by atoms with Gasteiger partial charge in [0.05, 0.1) is 0 Å². The summed E-state index contributed by atoms with van der Waals surface area (Å²) < 4.78 is 0. The molecule has 2 aromatic carbocycles. The molecule has 1 aliphatic rings. The van der Waals surface area contributed by atoms with Crippen molar-refractivity contribution in [1.82, 2.24) is 0 Å². The first-order valence-electron chi connectivity index (χ1n) is 7.08. The summed E-state index contributed by atoms with van der Waals surface area (Å²) in [6.07, 6.45) is 4.72. The van der Waals surface area contributed by atoms with Gasteiger partial charge in [0.25, 0.3) is 0 Å². The monoisotopic (exact) mass is 284 g/mol. The molecule has 0 unspecified atom stereocenters. The van der Waals surface area contributed by atoms with Gasteiger partial charge < -0.3 is 0 Å². The summed E-state index contributed by atoms with van der Waals surface area (Å²) >= 11 is 6.01. The van der Waals surface area contributed by atoms with Crippen LogP contribution in [-0.4, -0.2) is 5.78 Å². The topological polar surface area (TPSA) is 17.1 Å². The van der Waals surface area contributed by atoms with Crippen LogP contribution in [-0.2, 0) is 12.8 Å². The zero-order valence-electron chi connectivity index (χ0n) is 11.6. The van der Waals surface area contributed by atoms with E-state index in [0.29, 0.717) is 10.6 Å². The van der Waals surface area contributed by atoms with Crippen LogP contribution in [0.3, 0.4) is 0 Å². The van der Waals surface area contributed by atoms with Crippen LogP contribution in [0, 0.1) is 6.92 Å². The second-order valence-electron chi connectivity index (χ2n) is 5.48. The normalized spacial score (nSPS) is 13.9. The van der Waals surface area contributed by atoms with E-state index in [2.05, 4.69) is 12.1 Å². The number of hydrogen-bond acceptors (Lipinski definition) is 1. The lowest BCUT2D eigenvalue weighted by molar-refractivity contribution is 0.103. The van der Waals surface area contributed by atoms with Crippen molar-refractivity contribution in [3.05, 3.63) is 69.2 Å². The smallest absolute Gasteiger partial charge is 0.193 e. The minimum atomic E-state index is 0.0816. The van der Waals surface area contributed by atoms with E-state index in [-0.39, 0.29) is 5.78 Å². The summed E-state index contributed by atoms with van der Waals surface area (Å²) in [4.78, 5) is 12.6. The SMILES string of the molecule is Cc1cc(C(=O)c2ccc3c(c2)CCCC3)ccc1Cl. The van der Waals surface area contributed by atoms with Crippen molar-refractivity contribution in [2.75, 3.05) is 0 Å². The molecule has 1 nitrogen and oxygen atoms in total. The van der Waals surface area contributed by atoms with Gasteiger partial charge in [0.1, 0.15) is 0 Å². The molecule has 20 heavy (non-hydrogen) atoms. The van der Waals surface area contributed by atoms with Crippen molar-refractivity contribution in [2.45, 2.75) is 32.6 Å². The summed E-state index contributed by atoms with van der Waals surface area (Å²) in [5.41, 5.74) is 5.18. The van der Waals surface area contributed by atoms with E-state index in [4.69, 9.17) is 11.6 Å². The maximum Gasteiger partial charge on any atom is 0.193 e. The van der Waals surface area contributed by atoms with Crippen LogP contribution in [0.1, 0.15) is 45.5 Å². The van der Waals surface area contributed by atoms with E-state index in [1.165, 1.54) is 24.0 Å². The zero-order chi connectivity index (χ0) is 14.1. The molecule has 102 valence electrons. The van der Waals surface area contributed by atoms with Crippen molar-refractivity contribution in [1.29, 1.82) is 0 Å². The third-order valence-corrected chi connectivity index (χ3v) is 4.45. The number of benzene rings is 2. The lowest BCUT2D eigenvalue weighted by atomic mass is 9.89. The molecule has 0 saturated carbocycles. The van der Waals surface area contributed by atoms with E-state index < -0.39 is 0 Å². The lowest BCUT2D eigenvalue weighted by Crippen LogP contribution is -2.07. The second kappa shape index (κ2) is 5.41. The van der Waals surface area contributed by atoms with Crippen LogP contribution in [0.5, 0.6) is 0 Å². The molecular weight excluding hydrogens is 268 g/mol. The molecule has 2 aromatic rings. The number of carbonyl (C=O) groups is 1. The molecular formula is C18H17ClO. The molecule has 1 aliphatic carbocycles. The van der Waals surface area contributed by atoms with Crippen LogP contribution in [0.25, 0.3) is 0 Å². The first-order chi connectivity index (χ1) is 9.65. The fraction of sp³-hybridized carbons (Fsp3) is 0.278. The summed E-state index contributed by atoms with van der Waals surface area (Å²) in [7, 11) is 0. The highest BCUT2D eigenvalue weighted by molar-refractivity contribution is 6.31. The Morgan fingerprint density at radius 3 is 2.35 bits per heavy atom. The predicted molar refractivity (Wildman–Crippen MR) is 82.7 cm³/mol. The Morgan fingerprint density at radius 2 is 1.60 bits per heavy atom. The second-order valence-corrected chi connectivity index (χ2v) is 5.89. The predicted octanol–water partition coefficient (Wildman–Crippen LogP) is 4.76. The highest BCUT2D eigenvalue weighted by atomic mass is 35.5. The third kappa shape index (κ3) is 2.51. The van der Waals surface area contributed by atoms with Crippen LogP contribution < -0.4 is 0 Å². The van der Waals surface area contributed by atoms with Crippen molar-refractivity contribution in [3.8, 4) is 0 Å².